The van der Waals surface area contributed by atoms with Crippen molar-refractivity contribution in [3.63, 3.8) is 0 Å². The van der Waals surface area contributed by atoms with E-state index >= 15 is 0 Å². The second kappa shape index (κ2) is 5.80. The molecule has 0 saturated heterocycles. The molecular weight excluding hydrogens is 226 g/mol. The van der Waals surface area contributed by atoms with Gasteiger partial charge >= 0.3 is 5.97 Å². The lowest BCUT2D eigenvalue weighted by Crippen LogP contribution is -2.12. The first-order chi connectivity index (χ1) is 8.70. The van der Waals surface area contributed by atoms with Crippen LogP contribution in [0.4, 0.5) is 0 Å². The van der Waals surface area contributed by atoms with Crippen LogP contribution in [-0.2, 0) is 9.53 Å². The Balaban J connectivity index is 2.01. The van der Waals surface area contributed by atoms with E-state index in [9.17, 15) is 4.79 Å². The third kappa shape index (κ3) is 2.97. The second-order valence-corrected chi connectivity index (χ2v) is 4.74. The monoisotopic (exact) mass is 245 g/mol. The van der Waals surface area contributed by atoms with E-state index in [0.717, 1.165) is 25.0 Å². The number of nitrogens with zero attached hydrogens (tertiary/aromatic N) is 1. The summed E-state index contributed by atoms with van der Waals surface area (Å²) in [6.45, 7) is 2.09. The van der Waals surface area contributed by atoms with Gasteiger partial charge in [-0.3, -0.25) is 9.79 Å². The van der Waals surface area contributed by atoms with Gasteiger partial charge in [-0.2, -0.15) is 0 Å². The van der Waals surface area contributed by atoms with E-state index in [0.29, 0.717) is 0 Å². The van der Waals surface area contributed by atoms with Crippen LogP contribution in [0.2, 0.25) is 0 Å². The van der Waals surface area contributed by atoms with E-state index in [2.05, 4.69) is 19.1 Å². The van der Waals surface area contributed by atoms with Crippen LogP contribution >= 0.6 is 0 Å². The molecule has 3 nitrogen and oxygen atoms in total. The summed E-state index contributed by atoms with van der Waals surface area (Å²) >= 11 is 0. The van der Waals surface area contributed by atoms with Crippen molar-refractivity contribution in [1.29, 1.82) is 0 Å². The van der Waals surface area contributed by atoms with Gasteiger partial charge in [0.25, 0.3) is 0 Å². The number of rotatable bonds is 3. The summed E-state index contributed by atoms with van der Waals surface area (Å²) in [5, 5.41) is 0. The molecule has 0 N–H and O–H groups in total. The molecule has 1 aliphatic rings. The van der Waals surface area contributed by atoms with Crippen molar-refractivity contribution in [2.75, 3.05) is 7.11 Å². The van der Waals surface area contributed by atoms with Crippen LogP contribution in [0.3, 0.4) is 0 Å². The smallest absolute Gasteiger partial charge is 0.309 e. The van der Waals surface area contributed by atoms with Gasteiger partial charge in [0, 0.05) is 5.71 Å². The molecule has 0 amide bonds. The third-order valence-electron chi connectivity index (χ3n) is 3.46. The van der Waals surface area contributed by atoms with Crippen LogP contribution in [0.5, 0.6) is 0 Å². The Hall–Kier alpha value is -1.64. The molecule has 0 aliphatic heterocycles. The van der Waals surface area contributed by atoms with Crippen LogP contribution in [0.25, 0.3) is 0 Å². The molecule has 1 aromatic carbocycles. The van der Waals surface area contributed by atoms with E-state index in [-0.39, 0.29) is 17.9 Å². The highest BCUT2D eigenvalue weighted by atomic mass is 16.5. The summed E-state index contributed by atoms with van der Waals surface area (Å²) < 4.78 is 4.78. The lowest BCUT2D eigenvalue weighted by atomic mass is 10.1. The molecule has 0 unspecified atom stereocenters. The SMILES string of the molecule is COC(=O)[C@@H]1CCC(=N[C@@H](C)c2ccccc2)C1. The number of benzene rings is 1. The van der Waals surface area contributed by atoms with Crippen LogP contribution in [-0.4, -0.2) is 18.8 Å². The highest BCUT2D eigenvalue weighted by molar-refractivity contribution is 5.91. The molecule has 1 saturated carbocycles. The third-order valence-corrected chi connectivity index (χ3v) is 3.46. The standard InChI is InChI=1S/C15H19NO2/c1-11(12-6-4-3-5-7-12)16-14-9-8-13(10-14)15(17)18-2/h3-7,11,13H,8-10H2,1-2H3/t11-,13+/m0/s1. The molecule has 0 spiro atoms. The zero-order chi connectivity index (χ0) is 13.0. The number of hydrogen-bond acceptors (Lipinski definition) is 3. The summed E-state index contributed by atoms with van der Waals surface area (Å²) in [5.74, 6) is -0.0933. The molecule has 18 heavy (non-hydrogen) atoms. The summed E-state index contributed by atoms with van der Waals surface area (Å²) in [4.78, 5) is 16.2. The molecule has 0 radical (unpaired) electrons. The molecule has 1 fully saturated rings. The lowest BCUT2D eigenvalue weighted by molar-refractivity contribution is -0.145. The Morgan fingerprint density at radius 2 is 2.11 bits per heavy atom. The van der Waals surface area contributed by atoms with Crippen molar-refractivity contribution >= 4 is 11.7 Å². The van der Waals surface area contributed by atoms with E-state index in [1.807, 2.05) is 18.2 Å². The van der Waals surface area contributed by atoms with Crippen molar-refractivity contribution in [3.05, 3.63) is 35.9 Å². The van der Waals surface area contributed by atoms with Crippen LogP contribution < -0.4 is 0 Å². The first-order valence-corrected chi connectivity index (χ1v) is 6.39. The zero-order valence-electron chi connectivity index (χ0n) is 10.9. The summed E-state index contributed by atoms with van der Waals surface area (Å²) in [6, 6.07) is 10.4. The largest absolute Gasteiger partial charge is 0.469 e. The van der Waals surface area contributed by atoms with Gasteiger partial charge in [-0.25, -0.2) is 0 Å². The second-order valence-electron chi connectivity index (χ2n) is 4.74. The van der Waals surface area contributed by atoms with Gasteiger partial charge in [0.15, 0.2) is 0 Å². The number of ether oxygens (including phenoxy) is 1. The number of esters is 1. The molecular formula is C15H19NO2. The fraction of sp³-hybridized carbons (Fsp3) is 0.467. The molecule has 2 atom stereocenters. The molecule has 1 aliphatic carbocycles. The number of hydrogen-bond donors (Lipinski definition) is 0. The Bertz CT molecular complexity index is 439. The predicted octanol–water partition coefficient (Wildman–Crippen LogP) is 3.16. The summed E-state index contributed by atoms with van der Waals surface area (Å²) in [5.41, 5.74) is 2.35. The summed E-state index contributed by atoms with van der Waals surface area (Å²) in [6.07, 6.45) is 2.54. The van der Waals surface area contributed by atoms with E-state index in [1.165, 1.54) is 12.7 Å². The van der Waals surface area contributed by atoms with Gasteiger partial charge in [0.05, 0.1) is 19.1 Å². The molecule has 0 aromatic heterocycles. The lowest BCUT2D eigenvalue weighted by Gasteiger charge is -2.08. The van der Waals surface area contributed by atoms with Gasteiger partial charge in [-0.15, -0.1) is 0 Å². The average molecular weight is 245 g/mol. The van der Waals surface area contributed by atoms with Crippen molar-refractivity contribution in [1.82, 2.24) is 0 Å². The molecule has 3 heteroatoms. The van der Waals surface area contributed by atoms with Crippen molar-refractivity contribution < 1.29 is 9.53 Å². The number of aliphatic imine (C=N–C) groups is 1. The maximum absolute atomic E-state index is 11.4. The molecule has 2 rings (SSSR count). The highest BCUT2D eigenvalue weighted by Gasteiger charge is 2.27. The maximum atomic E-state index is 11.4. The molecule has 0 heterocycles. The minimum Gasteiger partial charge on any atom is -0.469 e. The van der Waals surface area contributed by atoms with E-state index in [4.69, 9.17) is 9.73 Å². The fourth-order valence-corrected chi connectivity index (χ4v) is 2.39. The molecule has 96 valence electrons. The van der Waals surface area contributed by atoms with Crippen molar-refractivity contribution in [3.8, 4) is 0 Å². The quantitative estimate of drug-likeness (QED) is 0.767. The van der Waals surface area contributed by atoms with E-state index < -0.39 is 0 Å². The Labute approximate surface area is 108 Å². The number of carbonyl (C=O) groups excluding carboxylic acids is 1. The average Bonchev–Trinajstić information content (AvgIpc) is 2.87. The van der Waals surface area contributed by atoms with Crippen LogP contribution in [0, 0.1) is 5.92 Å². The highest BCUT2D eigenvalue weighted by Crippen LogP contribution is 2.27. The molecule has 1 aromatic rings. The number of methoxy groups -OCH3 is 1. The Kier molecular flexibility index (Phi) is 4.13. The summed E-state index contributed by atoms with van der Waals surface area (Å²) in [7, 11) is 1.45. The van der Waals surface area contributed by atoms with Gasteiger partial charge in [-0.05, 0) is 31.7 Å². The maximum Gasteiger partial charge on any atom is 0.309 e. The minimum atomic E-state index is -0.104. The zero-order valence-corrected chi connectivity index (χ0v) is 10.9. The van der Waals surface area contributed by atoms with Gasteiger partial charge in [0.2, 0.25) is 0 Å². The topological polar surface area (TPSA) is 38.7 Å². The van der Waals surface area contributed by atoms with Crippen LogP contribution in [0.1, 0.15) is 37.8 Å². The molecule has 0 bridgehead atoms. The Morgan fingerprint density at radius 1 is 1.39 bits per heavy atom. The van der Waals surface area contributed by atoms with Gasteiger partial charge in [0.1, 0.15) is 0 Å². The normalized spacial score (nSPS) is 23.0. The van der Waals surface area contributed by atoms with Crippen molar-refractivity contribution in [2.45, 2.75) is 32.2 Å². The minimum absolute atomic E-state index is 0.0109. The van der Waals surface area contributed by atoms with Crippen molar-refractivity contribution in [2.24, 2.45) is 10.9 Å². The predicted molar refractivity (Wildman–Crippen MR) is 71.6 cm³/mol. The number of carbonyl (C=O) groups is 1. The van der Waals surface area contributed by atoms with Crippen LogP contribution in [0.15, 0.2) is 35.3 Å². The van der Waals surface area contributed by atoms with Gasteiger partial charge < -0.3 is 4.74 Å². The first kappa shape index (κ1) is 12.8. The fourth-order valence-electron chi connectivity index (χ4n) is 2.39. The first-order valence-electron chi connectivity index (χ1n) is 6.39. The Morgan fingerprint density at radius 3 is 2.78 bits per heavy atom. The van der Waals surface area contributed by atoms with E-state index in [1.54, 1.807) is 0 Å². The van der Waals surface area contributed by atoms with Gasteiger partial charge in [-0.1, -0.05) is 30.3 Å².